The molecule has 0 spiro atoms. The first-order valence-electron chi connectivity index (χ1n) is 7.65. The molecule has 1 aliphatic heterocycles. The molecule has 0 saturated carbocycles. The first-order chi connectivity index (χ1) is 11.5. The van der Waals surface area contributed by atoms with Crippen LogP contribution in [-0.4, -0.2) is 24.6 Å². The maximum absolute atomic E-state index is 12.3. The number of ether oxygens (including phenoxy) is 1. The summed E-state index contributed by atoms with van der Waals surface area (Å²) < 4.78 is 5.07. The van der Waals surface area contributed by atoms with E-state index in [4.69, 9.17) is 4.74 Å². The van der Waals surface area contributed by atoms with E-state index in [2.05, 4.69) is 10.3 Å². The lowest BCUT2D eigenvalue weighted by atomic mass is 9.85. The Hall–Kier alpha value is -2.95. The second-order valence-corrected chi connectivity index (χ2v) is 5.77. The maximum Gasteiger partial charge on any atom is 0.277 e. The van der Waals surface area contributed by atoms with Gasteiger partial charge in [-0.3, -0.25) is 9.59 Å². The predicted molar refractivity (Wildman–Crippen MR) is 92.0 cm³/mol. The Morgan fingerprint density at radius 3 is 2.58 bits per heavy atom. The number of hydrogen-bond acceptors (Lipinski definition) is 3. The average molecular weight is 322 g/mol. The topological polar surface area (TPSA) is 67.8 Å². The van der Waals surface area contributed by atoms with E-state index in [0.29, 0.717) is 17.0 Å². The smallest absolute Gasteiger partial charge is 0.277 e. The van der Waals surface area contributed by atoms with Gasteiger partial charge in [-0.2, -0.15) is 0 Å². The molecule has 24 heavy (non-hydrogen) atoms. The molecule has 1 atom stereocenters. The Morgan fingerprint density at radius 1 is 1.21 bits per heavy atom. The standard InChI is InChI=1S/C19H18N2O3/c1-11-12(2)18(22)21-17-10-14(6-9-16(11)17)20-19(23)13-4-7-15(24-3)8-5-13/h4-10,16H,1-3H3,(H,21,22). The van der Waals surface area contributed by atoms with Gasteiger partial charge in [-0.1, -0.05) is 11.6 Å². The van der Waals surface area contributed by atoms with Gasteiger partial charge in [-0.05, 0) is 50.3 Å². The van der Waals surface area contributed by atoms with Crippen molar-refractivity contribution >= 4 is 17.5 Å². The van der Waals surface area contributed by atoms with Gasteiger partial charge in [0.15, 0.2) is 0 Å². The number of amides is 2. The predicted octanol–water partition coefficient (Wildman–Crippen LogP) is 2.81. The van der Waals surface area contributed by atoms with E-state index in [0.717, 1.165) is 16.8 Å². The average Bonchev–Trinajstić information content (AvgIpc) is 2.59. The number of hydrogen-bond donors (Lipinski definition) is 1. The van der Waals surface area contributed by atoms with Crippen molar-refractivity contribution < 1.29 is 14.3 Å². The van der Waals surface area contributed by atoms with Crippen molar-refractivity contribution in [1.29, 1.82) is 0 Å². The number of allylic oxidation sites excluding steroid dienone is 3. The number of rotatable bonds is 2. The molecule has 2 amide bonds. The van der Waals surface area contributed by atoms with Gasteiger partial charge in [0.1, 0.15) is 5.75 Å². The molecule has 0 fully saturated rings. The molecule has 0 aromatic heterocycles. The summed E-state index contributed by atoms with van der Waals surface area (Å²) in [6.45, 7) is 3.76. The molecule has 1 aromatic rings. The van der Waals surface area contributed by atoms with Gasteiger partial charge >= 0.3 is 0 Å². The van der Waals surface area contributed by atoms with Crippen LogP contribution in [0.4, 0.5) is 0 Å². The normalized spacial score (nSPS) is 21.3. The molecular weight excluding hydrogens is 304 g/mol. The lowest BCUT2D eigenvalue weighted by Crippen LogP contribution is -2.35. The molecule has 1 aromatic carbocycles. The van der Waals surface area contributed by atoms with Gasteiger partial charge < -0.3 is 10.1 Å². The third-order valence-electron chi connectivity index (χ3n) is 4.32. The zero-order chi connectivity index (χ0) is 17.3. The van der Waals surface area contributed by atoms with Crippen LogP contribution in [0.3, 0.4) is 0 Å². The molecule has 0 saturated heterocycles. The molecule has 0 radical (unpaired) electrons. The SMILES string of the molecule is COc1ccc(C(=O)N=C2C=CC3C(=C2)NC(=O)C(C)=C3C)cc1. The summed E-state index contributed by atoms with van der Waals surface area (Å²) in [5.74, 6) is 0.284. The Balaban J connectivity index is 1.85. The van der Waals surface area contributed by atoms with Gasteiger partial charge in [0, 0.05) is 22.8 Å². The fraction of sp³-hybridized carbons (Fsp3) is 0.211. The number of carbonyl (C=O) groups excluding carboxylic acids is 2. The minimum Gasteiger partial charge on any atom is -0.497 e. The Bertz CT molecular complexity index is 827. The molecule has 5 nitrogen and oxygen atoms in total. The molecule has 2 aliphatic rings. The van der Waals surface area contributed by atoms with Crippen LogP contribution in [-0.2, 0) is 4.79 Å². The van der Waals surface area contributed by atoms with Crippen molar-refractivity contribution in [3.05, 3.63) is 64.9 Å². The van der Waals surface area contributed by atoms with E-state index in [-0.39, 0.29) is 17.7 Å². The van der Waals surface area contributed by atoms with Crippen LogP contribution in [0.25, 0.3) is 0 Å². The number of nitrogens with one attached hydrogen (secondary N) is 1. The van der Waals surface area contributed by atoms with Crippen LogP contribution in [0.15, 0.2) is 64.3 Å². The molecule has 1 N–H and O–H groups in total. The number of fused-ring (bicyclic) bond motifs is 1. The van der Waals surface area contributed by atoms with Gasteiger partial charge in [-0.15, -0.1) is 0 Å². The molecule has 1 unspecified atom stereocenters. The largest absolute Gasteiger partial charge is 0.497 e. The van der Waals surface area contributed by atoms with Crippen LogP contribution < -0.4 is 10.1 Å². The summed E-state index contributed by atoms with van der Waals surface area (Å²) in [6.07, 6.45) is 5.51. The second kappa shape index (κ2) is 6.28. The summed E-state index contributed by atoms with van der Waals surface area (Å²) in [6, 6.07) is 6.78. The highest BCUT2D eigenvalue weighted by Crippen LogP contribution is 2.29. The van der Waals surface area contributed by atoms with E-state index in [1.54, 1.807) is 37.5 Å². The maximum atomic E-state index is 12.3. The quantitative estimate of drug-likeness (QED) is 0.910. The molecular formula is C19H18N2O3. The van der Waals surface area contributed by atoms with Crippen molar-refractivity contribution in [2.45, 2.75) is 13.8 Å². The van der Waals surface area contributed by atoms with Crippen molar-refractivity contribution in [1.82, 2.24) is 5.32 Å². The van der Waals surface area contributed by atoms with Crippen molar-refractivity contribution in [3.63, 3.8) is 0 Å². The molecule has 3 rings (SSSR count). The number of benzene rings is 1. The summed E-state index contributed by atoms with van der Waals surface area (Å²) >= 11 is 0. The molecule has 0 bridgehead atoms. The molecule has 122 valence electrons. The summed E-state index contributed by atoms with van der Waals surface area (Å²) in [5.41, 5.74) is 3.51. The monoisotopic (exact) mass is 322 g/mol. The lowest BCUT2D eigenvalue weighted by Gasteiger charge is -2.28. The number of nitrogens with zero attached hydrogens (tertiary/aromatic N) is 1. The minimum atomic E-state index is -0.335. The zero-order valence-electron chi connectivity index (χ0n) is 13.8. The summed E-state index contributed by atoms with van der Waals surface area (Å²) in [4.78, 5) is 28.3. The third-order valence-corrected chi connectivity index (χ3v) is 4.32. The Morgan fingerprint density at radius 2 is 1.92 bits per heavy atom. The number of methoxy groups -OCH3 is 1. The van der Waals surface area contributed by atoms with Crippen LogP contribution in [0, 0.1) is 5.92 Å². The first kappa shape index (κ1) is 15.9. The highest BCUT2D eigenvalue weighted by molar-refractivity contribution is 6.14. The van der Waals surface area contributed by atoms with Gasteiger partial charge in [0.2, 0.25) is 0 Å². The molecule has 5 heteroatoms. The van der Waals surface area contributed by atoms with Crippen molar-refractivity contribution in [2.24, 2.45) is 10.9 Å². The van der Waals surface area contributed by atoms with Gasteiger partial charge in [-0.25, -0.2) is 4.99 Å². The Kier molecular flexibility index (Phi) is 4.16. The van der Waals surface area contributed by atoms with Crippen LogP contribution in [0.5, 0.6) is 5.75 Å². The van der Waals surface area contributed by atoms with Gasteiger partial charge in [0.25, 0.3) is 11.8 Å². The number of carbonyl (C=O) groups is 2. The molecule has 1 aliphatic carbocycles. The first-order valence-corrected chi connectivity index (χ1v) is 7.65. The van der Waals surface area contributed by atoms with Crippen molar-refractivity contribution in [3.8, 4) is 5.75 Å². The lowest BCUT2D eigenvalue weighted by molar-refractivity contribution is -0.117. The Labute approximate surface area is 140 Å². The van der Waals surface area contributed by atoms with Crippen LogP contribution >= 0.6 is 0 Å². The molecule has 1 heterocycles. The zero-order valence-corrected chi connectivity index (χ0v) is 13.8. The van der Waals surface area contributed by atoms with Crippen LogP contribution in [0.2, 0.25) is 0 Å². The summed E-state index contributed by atoms with van der Waals surface area (Å²) in [5, 5.41) is 2.86. The minimum absolute atomic E-state index is 0.0396. The van der Waals surface area contributed by atoms with E-state index < -0.39 is 0 Å². The van der Waals surface area contributed by atoms with E-state index >= 15 is 0 Å². The number of aliphatic imine (C=N–C) groups is 1. The highest BCUT2D eigenvalue weighted by atomic mass is 16.5. The van der Waals surface area contributed by atoms with E-state index in [1.807, 2.05) is 26.0 Å². The highest BCUT2D eigenvalue weighted by Gasteiger charge is 2.27. The van der Waals surface area contributed by atoms with E-state index in [1.165, 1.54) is 0 Å². The fourth-order valence-corrected chi connectivity index (χ4v) is 2.71. The fourth-order valence-electron chi connectivity index (χ4n) is 2.71. The third kappa shape index (κ3) is 2.93. The van der Waals surface area contributed by atoms with E-state index in [9.17, 15) is 9.59 Å². The van der Waals surface area contributed by atoms with Crippen molar-refractivity contribution in [2.75, 3.05) is 7.11 Å². The van der Waals surface area contributed by atoms with Gasteiger partial charge in [0.05, 0.1) is 12.8 Å². The summed E-state index contributed by atoms with van der Waals surface area (Å²) in [7, 11) is 1.57. The van der Waals surface area contributed by atoms with Crippen LogP contribution in [0.1, 0.15) is 24.2 Å². The second-order valence-electron chi connectivity index (χ2n) is 5.77.